The second kappa shape index (κ2) is 9.34. The summed E-state index contributed by atoms with van der Waals surface area (Å²) in [5, 5.41) is 3.32. The summed E-state index contributed by atoms with van der Waals surface area (Å²) in [6.07, 6.45) is 5.59. The fourth-order valence-electron chi connectivity index (χ4n) is 4.23. The number of anilines is 1. The summed E-state index contributed by atoms with van der Waals surface area (Å²) in [4.78, 5) is 26.7. The molecule has 7 nitrogen and oxygen atoms in total. The van der Waals surface area contributed by atoms with Crippen molar-refractivity contribution in [1.29, 1.82) is 0 Å². The number of hydrogen-bond donors (Lipinski definition) is 1. The molecule has 9 heteroatoms. The predicted molar refractivity (Wildman–Crippen MR) is 112 cm³/mol. The van der Waals surface area contributed by atoms with Crippen LogP contribution in [0.15, 0.2) is 18.2 Å². The molecule has 1 aromatic rings. The average Bonchev–Trinajstić information content (AvgIpc) is 3.07. The Hall–Kier alpha value is -1.80. The van der Waals surface area contributed by atoms with Crippen LogP contribution in [0.5, 0.6) is 0 Å². The summed E-state index contributed by atoms with van der Waals surface area (Å²) in [6, 6.07) is 4.64. The molecule has 0 aromatic heterocycles. The molecule has 0 radical (unpaired) electrons. The van der Waals surface area contributed by atoms with Crippen LogP contribution in [0.4, 0.5) is 5.69 Å². The van der Waals surface area contributed by atoms with Gasteiger partial charge >= 0.3 is 5.97 Å². The summed E-state index contributed by atoms with van der Waals surface area (Å²) >= 11 is 6.04. The van der Waals surface area contributed by atoms with Gasteiger partial charge in [-0.2, -0.15) is 0 Å². The lowest BCUT2D eigenvalue weighted by Crippen LogP contribution is -2.50. The number of benzene rings is 1. The standard InChI is InChI=1S/C20H27ClN2O5S/c1-28-20(25)17-11-14(7-8-18(17)21)22-12-19(24)23(15-5-3-2-4-6-15)16-9-10-29(26,27)13-16/h7-8,11,15-16,22H,2-6,9-10,12-13H2,1H3. The molecule has 1 atom stereocenters. The van der Waals surface area contributed by atoms with Gasteiger partial charge in [0.1, 0.15) is 0 Å². The molecule has 0 spiro atoms. The van der Waals surface area contributed by atoms with Gasteiger partial charge in [0.05, 0.1) is 35.7 Å². The van der Waals surface area contributed by atoms with Gasteiger partial charge in [0.15, 0.2) is 9.84 Å². The first-order chi connectivity index (χ1) is 13.8. The van der Waals surface area contributed by atoms with Crippen molar-refractivity contribution < 1.29 is 22.7 Å². The fraction of sp³-hybridized carbons (Fsp3) is 0.600. The van der Waals surface area contributed by atoms with Crippen molar-refractivity contribution in [2.45, 2.75) is 50.6 Å². The number of carbonyl (C=O) groups excluding carboxylic acids is 2. The van der Waals surface area contributed by atoms with E-state index in [0.29, 0.717) is 12.1 Å². The molecule has 1 aliphatic heterocycles. The SMILES string of the molecule is COC(=O)c1cc(NCC(=O)N(C2CCCCC2)C2CCS(=O)(=O)C2)ccc1Cl. The minimum atomic E-state index is -3.08. The van der Waals surface area contributed by atoms with E-state index >= 15 is 0 Å². The van der Waals surface area contributed by atoms with Crippen molar-refractivity contribution in [3.63, 3.8) is 0 Å². The highest BCUT2D eigenvalue weighted by molar-refractivity contribution is 7.91. The first-order valence-corrected chi connectivity index (χ1v) is 12.1. The molecule has 1 saturated heterocycles. The molecule has 1 heterocycles. The van der Waals surface area contributed by atoms with E-state index in [9.17, 15) is 18.0 Å². The summed E-state index contributed by atoms with van der Waals surface area (Å²) in [5.74, 6) is -0.484. The number of sulfone groups is 1. The van der Waals surface area contributed by atoms with Crippen LogP contribution < -0.4 is 5.32 Å². The topological polar surface area (TPSA) is 92.8 Å². The average molecular weight is 443 g/mol. The Bertz CT molecular complexity index is 868. The van der Waals surface area contributed by atoms with E-state index in [-0.39, 0.29) is 46.6 Å². The Morgan fingerprint density at radius 3 is 2.52 bits per heavy atom. The molecule has 3 rings (SSSR count). The molecule has 1 amide bonds. The summed E-state index contributed by atoms with van der Waals surface area (Å²) < 4.78 is 28.7. The Labute approximate surface area is 176 Å². The lowest BCUT2D eigenvalue weighted by Gasteiger charge is -2.38. The molecular formula is C20H27ClN2O5S. The Morgan fingerprint density at radius 2 is 1.90 bits per heavy atom. The quantitative estimate of drug-likeness (QED) is 0.681. The fourth-order valence-corrected chi connectivity index (χ4v) is 6.14. The first kappa shape index (κ1) is 21.9. The Balaban J connectivity index is 1.72. The predicted octanol–water partition coefficient (Wildman–Crippen LogP) is 2.89. The van der Waals surface area contributed by atoms with E-state index in [2.05, 4.69) is 5.32 Å². The van der Waals surface area contributed by atoms with Crippen LogP contribution in [-0.4, -0.2) is 62.4 Å². The van der Waals surface area contributed by atoms with Crippen LogP contribution in [-0.2, 0) is 19.4 Å². The van der Waals surface area contributed by atoms with Gasteiger partial charge in [0, 0.05) is 17.8 Å². The van der Waals surface area contributed by atoms with Gasteiger partial charge in [-0.1, -0.05) is 30.9 Å². The third-order valence-electron chi connectivity index (χ3n) is 5.67. The molecule has 160 valence electrons. The van der Waals surface area contributed by atoms with E-state index in [1.165, 1.54) is 7.11 Å². The van der Waals surface area contributed by atoms with Gasteiger partial charge in [-0.3, -0.25) is 4.79 Å². The van der Waals surface area contributed by atoms with Crippen LogP contribution >= 0.6 is 11.6 Å². The van der Waals surface area contributed by atoms with E-state index < -0.39 is 15.8 Å². The van der Waals surface area contributed by atoms with Crippen molar-refractivity contribution in [3.8, 4) is 0 Å². The summed E-state index contributed by atoms with van der Waals surface area (Å²) in [7, 11) is -1.81. The molecule has 2 fully saturated rings. The van der Waals surface area contributed by atoms with Crippen LogP contribution in [0, 0.1) is 0 Å². The molecule has 1 aliphatic carbocycles. The van der Waals surface area contributed by atoms with Crippen LogP contribution in [0.3, 0.4) is 0 Å². The third-order valence-corrected chi connectivity index (χ3v) is 7.75. The number of hydrogen-bond acceptors (Lipinski definition) is 6. The van der Waals surface area contributed by atoms with Gasteiger partial charge in [-0.25, -0.2) is 13.2 Å². The smallest absolute Gasteiger partial charge is 0.339 e. The molecule has 0 bridgehead atoms. The number of amides is 1. The van der Waals surface area contributed by atoms with Gasteiger partial charge in [0.2, 0.25) is 5.91 Å². The van der Waals surface area contributed by atoms with E-state index in [0.717, 1.165) is 32.1 Å². The molecule has 1 unspecified atom stereocenters. The number of ether oxygens (including phenoxy) is 1. The van der Waals surface area contributed by atoms with Crippen molar-refractivity contribution in [2.75, 3.05) is 30.5 Å². The number of carbonyl (C=O) groups is 2. The Morgan fingerprint density at radius 1 is 1.17 bits per heavy atom. The molecule has 1 N–H and O–H groups in total. The zero-order valence-electron chi connectivity index (χ0n) is 16.5. The Kier molecular flexibility index (Phi) is 7.05. The zero-order chi connectivity index (χ0) is 21.0. The number of halogens is 1. The zero-order valence-corrected chi connectivity index (χ0v) is 18.1. The number of rotatable bonds is 6. The van der Waals surface area contributed by atoms with Crippen LogP contribution in [0.1, 0.15) is 48.9 Å². The minimum absolute atomic E-state index is 0.0231. The maximum atomic E-state index is 13.1. The van der Waals surface area contributed by atoms with Crippen molar-refractivity contribution in [2.24, 2.45) is 0 Å². The van der Waals surface area contributed by atoms with Crippen LogP contribution in [0.2, 0.25) is 5.02 Å². The largest absolute Gasteiger partial charge is 0.465 e. The lowest BCUT2D eigenvalue weighted by atomic mass is 9.93. The summed E-state index contributed by atoms with van der Waals surface area (Å²) in [5.41, 5.74) is 0.795. The molecule has 29 heavy (non-hydrogen) atoms. The van der Waals surface area contributed by atoms with Gasteiger partial charge in [0.25, 0.3) is 0 Å². The highest BCUT2D eigenvalue weighted by Crippen LogP contribution is 2.29. The normalized spacial score (nSPS) is 21.5. The molecular weight excluding hydrogens is 416 g/mol. The molecule has 1 saturated carbocycles. The number of nitrogens with zero attached hydrogens (tertiary/aromatic N) is 1. The monoisotopic (exact) mass is 442 g/mol. The van der Waals surface area contributed by atoms with E-state index in [1.54, 1.807) is 18.2 Å². The number of esters is 1. The van der Waals surface area contributed by atoms with Gasteiger partial charge in [-0.05, 0) is 37.5 Å². The summed E-state index contributed by atoms with van der Waals surface area (Å²) in [6.45, 7) is 0.0231. The third kappa shape index (κ3) is 5.42. The minimum Gasteiger partial charge on any atom is -0.465 e. The second-order valence-electron chi connectivity index (χ2n) is 7.69. The maximum absolute atomic E-state index is 13.1. The maximum Gasteiger partial charge on any atom is 0.339 e. The number of nitrogens with one attached hydrogen (secondary N) is 1. The van der Waals surface area contributed by atoms with E-state index in [1.807, 2.05) is 4.90 Å². The number of methoxy groups -OCH3 is 1. The van der Waals surface area contributed by atoms with Crippen molar-refractivity contribution in [3.05, 3.63) is 28.8 Å². The second-order valence-corrected chi connectivity index (χ2v) is 10.3. The highest BCUT2D eigenvalue weighted by atomic mass is 35.5. The van der Waals surface area contributed by atoms with E-state index in [4.69, 9.17) is 16.3 Å². The first-order valence-electron chi connectivity index (χ1n) is 9.94. The van der Waals surface area contributed by atoms with Crippen molar-refractivity contribution in [1.82, 2.24) is 4.90 Å². The molecule has 1 aromatic carbocycles. The highest BCUT2D eigenvalue weighted by Gasteiger charge is 2.38. The lowest BCUT2D eigenvalue weighted by molar-refractivity contribution is -0.134. The van der Waals surface area contributed by atoms with Crippen LogP contribution in [0.25, 0.3) is 0 Å². The van der Waals surface area contributed by atoms with Gasteiger partial charge < -0.3 is 15.0 Å². The van der Waals surface area contributed by atoms with Gasteiger partial charge in [-0.15, -0.1) is 0 Å². The molecule has 2 aliphatic rings. The van der Waals surface area contributed by atoms with Crippen molar-refractivity contribution >= 4 is 39.0 Å².